The van der Waals surface area contributed by atoms with Gasteiger partial charge in [0.15, 0.2) is 0 Å². The van der Waals surface area contributed by atoms with E-state index in [9.17, 15) is 0 Å². The van der Waals surface area contributed by atoms with E-state index in [4.69, 9.17) is 4.74 Å². The number of aryl methyl sites for hydroxylation is 1. The van der Waals surface area contributed by atoms with Crippen LogP contribution < -0.4 is 4.74 Å². The summed E-state index contributed by atoms with van der Waals surface area (Å²) in [6.45, 7) is 5.83. The maximum Gasteiger partial charge on any atom is 0.120 e. The second-order valence-electron chi connectivity index (χ2n) is 7.87. The van der Waals surface area contributed by atoms with Gasteiger partial charge < -0.3 is 4.74 Å². The fourth-order valence-corrected chi connectivity index (χ4v) is 3.75. The van der Waals surface area contributed by atoms with Crippen molar-refractivity contribution in [2.24, 2.45) is 0 Å². The van der Waals surface area contributed by atoms with Crippen LogP contribution in [0.3, 0.4) is 0 Å². The van der Waals surface area contributed by atoms with Crippen molar-refractivity contribution in [2.75, 3.05) is 19.7 Å². The number of nitrogens with zero attached hydrogens (tertiary/aromatic N) is 3. The molecule has 0 radical (unpaired) electrons. The number of benzene rings is 2. The number of hydrogen-bond donors (Lipinski definition) is 0. The highest BCUT2D eigenvalue weighted by atomic mass is 16.5. The lowest BCUT2D eigenvalue weighted by molar-refractivity contribution is 0.229. The molecule has 0 aliphatic carbocycles. The van der Waals surface area contributed by atoms with Crippen LogP contribution in [0.25, 0.3) is 10.9 Å². The number of hydrogen-bond acceptors (Lipinski definition) is 4. The number of ether oxygens (including phenoxy) is 1. The topological polar surface area (TPSA) is 38.2 Å². The van der Waals surface area contributed by atoms with Crippen molar-refractivity contribution in [2.45, 2.75) is 26.3 Å². The molecular weight excluding hydrogens is 382 g/mol. The Balaban J connectivity index is 1.33. The highest BCUT2D eigenvalue weighted by Gasteiger charge is 2.09. The van der Waals surface area contributed by atoms with Gasteiger partial charge >= 0.3 is 0 Å². The molecular formula is C27H29N3O. The summed E-state index contributed by atoms with van der Waals surface area (Å²) in [7, 11) is 0. The van der Waals surface area contributed by atoms with Crippen molar-refractivity contribution in [3.8, 4) is 5.75 Å². The molecule has 2 aromatic carbocycles. The lowest BCUT2D eigenvalue weighted by atomic mass is 10.1. The Morgan fingerprint density at radius 2 is 1.81 bits per heavy atom. The molecule has 4 rings (SSSR count). The molecule has 0 unspecified atom stereocenters. The van der Waals surface area contributed by atoms with E-state index in [0.717, 1.165) is 49.1 Å². The van der Waals surface area contributed by atoms with E-state index in [1.54, 1.807) is 0 Å². The molecule has 4 heteroatoms. The van der Waals surface area contributed by atoms with Crippen LogP contribution in [0.1, 0.15) is 23.1 Å². The summed E-state index contributed by atoms with van der Waals surface area (Å²) in [5.41, 5.74) is 5.00. The highest BCUT2D eigenvalue weighted by molar-refractivity contribution is 5.79. The molecule has 0 fully saturated rings. The number of rotatable bonds is 10. The molecule has 0 aliphatic heterocycles. The van der Waals surface area contributed by atoms with E-state index in [1.807, 2.05) is 42.9 Å². The van der Waals surface area contributed by atoms with Gasteiger partial charge in [-0.2, -0.15) is 0 Å². The quantitative estimate of drug-likeness (QED) is 0.325. The largest absolute Gasteiger partial charge is 0.494 e. The van der Waals surface area contributed by atoms with Crippen LogP contribution in [0.4, 0.5) is 0 Å². The van der Waals surface area contributed by atoms with E-state index in [-0.39, 0.29) is 0 Å². The average molecular weight is 412 g/mol. The highest BCUT2D eigenvalue weighted by Crippen LogP contribution is 2.19. The normalized spacial score (nSPS) is 11.2. The first-order chi connectivity index (χ1) is 15.3. The summed E-state index contributed by atoms with van der Waals surface area (Å²) in [6.07, 6.45) is 7.58. The second kappa shape index (κ2) is 10.7. The summed E-state index contributed by atoms with van der Waals surface area (Å²) >= 11 is 0. The fourth-order valence-electron chi connectivity index (χ4n) is 3.75. The van der Waals surface area contributed by atoms with Crippen LogP contribution >= 0.6 is 0 Å². The maximum absolute atomic E-state index is 6.04. The van der Waals surface area contributed by atoms with Gasteiger partial charge in [0.05, 0.1) is 12.1 Å². The molecule has 0 saturated carbocycles. The summed E-state index contributed by atoms with van der Waals surface area (Å²) in [6, 6.07) is 22.9. The van der Waals surface area contributed by atoms with Crippen molar-refractivity contribution < 1.29 is 4.74 Å². The first-order valence-electron chi connectivity index (χ1n) is 10.9. The molecule has 0 atom stereocenters. The Kier molecular flexibility index (Phi) is 7.24. The molecule has 0 spiro atoms. The van der Waals surface area contributed by atoms with E-state index in [1.165, 1.54) is 16.7 Å². The smallest absolute Gasteiger partial charge is 0.120 e. The Labute approximate surface area is 184 Å². The van der Waals surface area contributed by atoms with Crippen molar-refractivity contribution in [1.82, 2.24) is 14.9 Å². The molecule has 0 bridgehead atoms. The number of pyridine rings is 2. The van der Waals surface area contributed by atoms with Crippen LogP contribution in [0, 0.1) is 6.92 Å². The average Bonchev–Trinajstić information content (AvgIpc) is 2.82. The zero-order valence-electron chi connectivity index (χ0n) is 18.1. The Hall–Kier alpha value is -3.24. The lowest BCUT2D eigenvalue weighted by Crippen LogP contribution is -2.28. The van der Waals surface area contributed by atoms with Gasteiger partial charge in [-0.3, -0.25) is 14.9 Å². The Bertz CT molecular complexity index is 1100. The molecule has 0 N–H and O–H groups in total. The van der Waals surface area contributed by atoms with E-state index in [2.05, 4.69) is 64.3 Å². The molecule has 2 heterocycles. The lowest BCUT2D eigenvalue weighted by Gasteiger charge is -2.23. The van der Waals surface area contributed by atoms with Gasteiger partial charge in [0.1, 0.15) is 5.75 Å². The minimum Gasteiger partial charge on any atom is -0.494 e. The zero-order valence-corrected chi connectivity index (χ0v) is 18.1. The van der Waals surface area contributed by atoms with Crippen molar-refractivity contribution in [1.29, 1.82) is 0 Å². The summed E-state index contributed by atoms with van der Waals surface area (Å²) in [5.74, 6) is 0.904. The SMILES string of the molecule is Cc1ccccc1CN(CCCOc1ccc2ncccc2c1)CCc1cccnc1. The van der Waals surface area contributed by atoms with Gasteiger partial charge in [-0.15, -0.1) is 0 Å². The molecule has 0 amide bonds. The third kappa shape index (κ3) is 6.12. The predicted molar refractivity (Wildman–Crippen MR) is 126 cm³/mol. The molecule has 31 heavy (non-hydrogen) atoms. The first-order valence-corrected chi connectivity index (χ1v) is 10.9. The van der Waals surface area contributed by atoms with Crippen molar-refractivity contribution in [3.63, 3.8) is 0 Å². The third-order valence-electron chi connectivity index (χ3n) is 5.56. The maximum atomic E-state index is 6.04. The van der Waals surface area contributed by atoms with Gasteiger partial charge in [0.2, 0.25) is 0 Å². The van der Waals surface area contributed by atoms with Crippen LogP contribution in [0.2, 0.25) is 0 Å². The van der Waals surface area contributed by atoms with Crippen molar-refractivity contribution >= 4 is 10.9 Å². The molecule has 2 aromatic heterocycles. The van der Waals surface area contributed by atoms with E-state index in [0.29, 0.717) is 6.61 Å². The summed E-state index contributed by atoms with van der Waals surface area (Å²) in [4.78, 5) is 11.1. The van der Waals surface area contributed by atoms with Crippen molar-refractivity contribution in [3.05, 3.63) is 102 Å². The first kappa shape index (κ1) is 21.0. The summed E-state index contributed by atoms with van der Waals surface area (Å²) in [5, 5.41) is 1.11. The summed E-state index contributed by atoms with van der Waals surface area (Å²) < 4.78 is 6.04. The van der Waals surface area contributed by atoms with Crippen LogP contribution in [-0.2, 0) is 13.0 Å². The van der Waals surface area contributed by atoms with Gasteiger partial charge in [0, 0.05) is 43.6 Å². The van der Waals surface area contributed by atoms with Gasteiger partial charge in [-0.05, 0) is 66.8 Å². The predicted octanol–water partition coefficient (Wildman–Crippen LogP) is 5.45. The van der Waals surface area contributed by atoms with E-state index < -0.39 is 0 Å². The van der Waals surface area contributed by atoms with E-state index >= 15 is 0 Å². The number of fused-ring (bicyclic) bond motifs is 1. The second-order valence-corrected chi connectivity index (χ2v) is 7.87. The molecule has 4 aromatic rings. The van der Waals surface area contributed by atoms with Gasteiger partial charge in [0.25, 0.3) is 0 Å². The molecule has 0 saturated heterocycles. The standard InChI is InChI=1S/C27H29N3O/c1-22-7-2-3-9-25(22)21-30(17-13-23-8-4-14-28-20-23)16-6-18-31-26-11-12-27-24(19-26)10-5-15-29-27/h2-5,7-12,14-15,19-20H,6,13,16-18,21H2,1H3. The van der Waals surface area contributed by atoms with Gasteiger partial charge in [-0.25, -0.2) is 0 Å². The molecule has 0 aliphatic rings. The number of aromatic nitrogens is 2. The zero-order chi connectivity index (χ0) is 21.3. The Morgan fingerprint density at radius 1 is 0.903 bits per heavy atom. The fraction of sp³-hybridized carbons (Fsp3) is 0.259. The monoisotopic (exact) mass is 411 g/mol. The van der Waals surface area contributed by atoms with Crippen LogP contribution in [0.5, 0.6) is 5.75 Å². The van der Waals surface area contributed by atoms with Crippen LogP contribution in [-0.4, -0.2) is 34.6 Å². The molecule has 4 nitrogen and oxygen atoms in total. The molecule has 158 valence electrons. The minimum absolute atomic E-state index is 0.697. The van der Waals surface area contributed by atoms with Gasteiger partial charge in [-0.1, -0.05) is 36.4 Å². The Morgan fingerprint density at radius 3 is 2.68 bits per heavy atom. The minimum atomic E-state index is 0.697. The third-order valence-corrected chi connectivity index (χ3v) is 5.56. The van der Waals surface area contributed by atoms with Crippen LogP contribution in [0.15, 0.2) is 85.3 Å².